The summed E-state index contributed by atoms with van der Waals surface area (Å²) in [4.78, 5) is 0. The summed E-state index contributed by atoms with van der Waals surface area (Å²) in [5, 5.41) is 7.55. The predicted octanol–water partition coefficient (Wildman–Crippen LogP) is 3.27. The maximum atomic E-state index is 13.6. The fraction of sp³-hybridized carbons (Fsp3) is 0.125. The van der Waals surface area contributed by atoms with Gasteiger partial charge in [0.25, 0.3) is 0 Å². The first-order chi connectivity index (χ1) is 6.11. The van der Waals surface area contributed by atoms with Crippen molar-refractivity contribution in [2.24, 2.45) is 0 Å². The molecule has 0 bridgehead atoms. The topological polar surface area (TPSA) is 28.7 Å². The van der Waals surface area contributed by atoms with Gasteiger partial charge in [-0.25, -0.2) is 4.39 Å². The van der Waals surface area contributed by atoms with Crippen LogP contribution in [-0.4, -0.2) is 10.2 Å². The van der Waals surface area contributed by atoms with Gasteiger partial charge < -0.3 is 0 Å². The Morgan fingerprint density at radius 2 is 2.31 bits per heavy atom. The second-order valence-electron chi connectivity index (χ2n) is 2.73. The zero-order valence-electron chi connectivity index (χ0n) is 6.66. The maximum absolute atomic E-state index is 13.6. The minimum atomic E-state index is -0.291. The third-order valence-electron chi connectivity index (χ3n) is 1.93. The fourth-order valence-corrected chi connectivity index (χ4v) is 2.01. The molecule has 0 aliphatic carbocycles. The molecule has 5 heteroatoms. The summed E-state index contributed by atoms with van der Waals surface area (Å²) in [6, 6.07) is 1.68. The molecule has 0 unspecified atom stereocenters. The van der Waals surface area contributed by atoms with Crippen molar-refractivity contribution in [2.75, 3.05) is 0 Å². The number of aromatic nitrogens is 2. The van der Waals surface area contributed by atoms with E-state index in [4.69, 9.17) is 11.6 Å². The molecule has 0 saturated carbocycles. The molecular weight excluding hydrogens is 305 g/mol. The summed E-state index contributed by atoms with van der Waals surface area (Å²) in [5.41, 5.74) is 1.10. The average molecular weight is 310 g/mol. The molecule has 0 radical (unpaired) electrons. The van der Waals surface area contributed by atoms with Gasteiger partial charge in [-0.1, -0.05) is 11.6 Å². The van der Waals surface area contributed by atoms with Crippen LogP contribution in [0.15, 0.2) is 6.07 Å². The molecule has 0 amide bonds. The summed E-state index contributed by atoms with van der Waals surface area (Å²) in [7, 11) is 0. The number of halogens is 3. The minimum Gasteiger partial charge on any atom is -0.277 e. The molecule has 1 aromatic carbocycles. The molecule has 1 N–H and O–H groups in total. The summed E-state index contributed by atoms with van der Waals surface area (Å²) in [6.07, 6.45) is 0. The van der Waals surface area contributed by atoms with Gasteiger partial charge in [-0.2, -0.15) is 5.10 Å². The van der Waals surface area contributed by atoms with Crippen molar-refractivity contribution >= 4 is 45.1 Å². The maximum Gasteiger partial charge on any atom is 0.139 e. The van der Waals surface area contributed by atoms with Crippen molar-refractivity contribution in [1.82, 2.24) is 10.2 Å². The number of benzene rings is 1. The van der Waals surface area contributed by atoms with Crippen LogP contribution in [0.5, 0.6) is 0 Å². The number of hydrogen-bond donors (Lipinski definition) is 1. The standard InChI is InChI=1S/C8H5ClFIN2/c1-3-4(9)2-5-6(7(3)10)8(11)13-12-5/h2H,1H3,(H,12,13). The smallest absolute Gasteiger partial charge is 0.139 e. The lowest BCUT2D eigenvalue weighted by Crippen LogP contribution is -1.86. The van der Waals surface area contributed by atoms with E-state index in [9.17, 15) is 4.39 Å². The molecule has 0 aliphatic rings. The van der Waals surface area contributed by atoms with E-state index in [0.29, 0.717) is 25.2 Å². The van der Waals surface area contributed by atoms with E-state index in [-0.39, 0.29) is 5.82 Å². The number of aromatic amines is 1. The average Bonchev–Trinajstić information content (AvgIpc) is 2.43. The Morgan fingerprint density at radius 1 is 1.62 bits per heavy atom. The molecule has 1 heterocycles. The first-order valence-corrected chi connectivity index (χ1v) is 5.05. The number of nitrogens with zero attached hydrogens (tertiary/aromatic N) is 1. The molecule has 0 aliphatic heterocycles. The first kappa shape index (κ1) is 9.21. The Balaban J connectivity index is 2.97. The molecule has 0 fully saturated rings. The first-order valence-electron chi connectivity index (χ1n) is 3.59. The van der Waals surface area contributed by atoms with Gasteiger partial charge in [-0.3, -0.25) is 5.10 Å². The summed E-state index contributed by atoms with van der Waals surface area (Å²) < 4.78 is 14.2. The molecule has 2 nitrogen and oxygen atoms in total. The highest BCUT2D eigenvalue weighted by Gasteiger charge is 2.13. The normalized spacial score (nSPS) is 11.1. The Labute approximate surface area is 92.6 Å². The second kappa shape index (κ2) is 3.09. The molecule has 0 spiro atoms. The van der Waals surface area contributed by atoms with Gasteiger partial charge in [0.2, 0.25) is 0 Å². The molecule has 0 saturated heterocycles. The van der Waals surface area contributed by atoms with Gasteiger partial charge in [0, 0.05) is 10.6 Å². The van der Waals surface area contributed by atoms with Gasteiger partial charge in [-0.05, 0) is 35.6 Å². The van der Waals surface area contributed by atoms with Crippen LogP contribution in [0.25, 0.3) is 10.9 Å². The lowest BCUT2D eigenvalue weighted by molar-refractivity contribution is 0.630. The van der Waals surface area contributed by atoms with E-state index in [0.717, 1.165) is 0 Å². The van der Waals surface area contributed by atoms with Crippen molar-refractivity contribution in [3.8, 4) is 0 Å². The molecule has 0 atom stereocenters. The molecular formula is C8H5ClFIN2. The molecule has 13 heavy (non-hydrogen) atoms. The van der Waals surface area contributed by atoms with Gasteiger partial charge in [-0.15, -0.1) is 0 Å². The zero-order chi connectivity index (χ0) is 9.59. The number of nitrogens with one attached hydrogen (secondary N) is 1. The van der Waals surface area contributed by atoms with Crippen LogP contribution in [0.4, 0.5) is 4.39 Å². The van der Waals surface area contributed by atoms with Crippen molar-refractivity contribution < 1.29 is 4.39 Å². The SMILES string of the molecule is Cc1c(Cl)cc2[nH]nc(I)c2c1F. The van der Waals surface area contributed by atoms with Crippen molar-refractivity contribution in [3.63, 3.8) is 0 Å². The van der Waals surface area contributed by atoms with Crippen molar-refractivity contribution in [2.45, 2.75) is 6.92 Å². The highest BCUT2D eigenvalue weighted by Crippen LogP contribution is 2.28. The van der Waals surface area contributed by atoms with Crippen LogP contribution in [0.1, 0.15) is 5.56 Å². The van der Waals surface area contributed by atoms with Crippen LogP contribution in [0.3, 0.4) is 0 Å². The van der Waals surface area contributed by atoms with Crippen LogP contribution < -0.4 is 0 Å². The fourth-order valence-electron chi connectivity index (χ4n) is 1.17. The molecule has 1 aromatic heterocycles. The van der Waals surface area contributed by atoms with E-state index in [1.165, 1.54) is 0 Å². The lowest BCUT2D eigenvalue weighted by atomic mass is 10.1. The van der Waals surface area contributed by atoms with Crippen molar-refractivity contribution in [1.29, 1.82) is 0 Å². The zero-order valence-corrected chi connectivity index (χ0v) is 9.57. The van der Waals surface area contributed by atoms with Gasteiger partial charge in [0.15, 0.2) is 0 Å². The Kier molecular flexibility index (Phi) is 2.19. The lowest BCUT2D eigenvalue weighted by Gasteiger charge is -2.00. The third kappa shape index (κ3) is 1.32. The van der Waals surface area contributed by atoms with E-state index < -0.39 is 0 Å². The molecule has 2 rings (SSSR count). The third-order valence-corrected chi connectivity index (χ3v) is 3.10. The number of rotatable bonds is 0. The van der Waals surface area contributed by atoms with E-state index in [1.54, 1.807) is 13.0 Å². The Bertz CT molecular complexity index is 480. The Hall–Kier alpha value is -0.360. The largest absolute Gasteiger partial charge is 0.277 e. The highest BCUT2D eigenvalue weighted by molar-refractivity contribution is 14.1. The predicted molar refractivity (Wildman–Crippen MR) is 58.5 cm³/mol. The number of hydrogen-bond acceptors (Lipinski definition) is 1. The van der Waals surface area contributed by atoms with Crippen LogP contribution in [0, 0.1) is 16.4 Å². The molecule has 68 valence electrons. The summed E-state index contributed by atoms with van der Waals surface area (Å²) in [6.45, 7) is 1.65. The van der Waals surface area contributed by atoms with Gasteiger partial charge in [0.05, 0.1) is 10.9 Å². The number of fused-ring (bicyclic) bond motifs is 1. The number of H-pyrrole nitrogens is 1. The van der Waals surface area contributed by atoms with Crippen LogP contribution >= 0.6 is 34.2 Å². The van der Waals surface area contributed by atoms with E-state index in [1.807, 2.05) is 22.6 Å². The Morgan fingerprint density at radius 3 is 3.00 bits per heavy atom. The second-order valence-corrected chi connectivity index (χ2v) is 4.16. The minimum absolute atomic E-state index is 0.291. The highest BCUT2D eigenvalue weighted by atomic mass is 127. The van der Waals surface area contributed by atoms with Crippen molar-refractivity contribution in [3.05, 3.63) is 26.2 Å². The van der Waals surface area contributed by atoms with E-state index in [2.05, 4.69) is 10.2 Å². The summed E-state index contributed by atoms with van der Waals surface area (Å²) in [5.74, 6) is -0.291. The van der Waals surface area contributed by atoms with Crippen LogP contribution in [0.2, 0.25) is 5.02 Å². The summed E-state index contributed by atoms with van der Waals surface area (Å²) >= 11 is 7.79. The monoisotopic (exact) mass is 310 g/mol. The van der Waals surface area contributed by atoms with Crippen LogP contribution in [-0.2, 0) is 0 Å². The van der Waals surface area contributed by atoms with E-state index >= 15 is 0 Å². The van der Waals surface area contributed by atoms with Gasteiger partial charge >= 0.3 is 0 Å². The molecule has 2 aromatic rings. The quantitative estimate of drug-likeness (QED) is 0.743. The van der Waals surface area contributed by atoms with Gasteiger partial charge in [0.1, 0.15) is 9.52 Å².